The molecule has 2 heterocycles. The molecule has 98 valence electrons. The predicted molar refractivity (Wildman–Crippen MR) is 69.7 cm³/mol. The van der Waals surface area contributed by atoms with E-state index in [9.17, 15) is 4.79 Å². The zero-order valence-electron chi connectivity index (χ0n) is 10.2. The standard InChI is InChI=1S/C12H16N2O3S/c1-16-12(15)9-5-11(13)14-6-10(9)18-7-8-3-2-4-17-8/h5-6,8H,2-4,7H2,1H3,(H2,13,14). The van der Waals surface area contributed by atoms with Crippen LogP contribution in [0.1, 0.15) is 23.2 Å². The Morgan fingerprint density at radius 1 is 1.72 bits per heavy atom. The molecule has 2 N–H and O–H groups in total. The van der Waals surface area contributed by atoms with Crippen molar-refractivity contribution in [1.29, 1.82) is 0 Å². The number of methoxy groups -OCH3 is 1. The fraction of sp³-hybridized carbons (Fsp3) is 0.500. The van der Waals surface area contributed by atoms with Crippen LogP contribution in [-0.4, -0.2) is 36.5 Å². The van der Waals surface area contributed by atoms with E-state index < -0.39 is 0 Å². The van der Waals surface area contributed by atoms with E-state index in [0.29, 0.717) is 11.4 Å². The highest BCUT2D eigenvalue weighted by Crippen LogP contribution is 2.27. The van der Waals surface area contributed by atoms with E-state index in [1.54, 1.807) is 24.0 Å². The molecule has 18 heavy (non-hydrogen) atoms. The number of carbonyl (C=O) groups excluding carboxylic acids is 1. The molecular weight excluding hydrogens is 252 g/mol. The highest BCUT2D eigenvalue weighted by molar-refractivity contribution is 7.99. The zero-order chi connectivity index (χ0) is 13.0. The number of esters is 1. The van der Waals surface area contributed by atoms with E-state index in [1.165, 1.54) is 7.11 Å². The lowest BCUT2D eigenvalue weighted by Crippen LogP contribution is -2.10. The molecular formula is C12H16N2O3S. The smallest absolute Gasteiger partial charge is 0.339 e. The van der Waals surface area contributed by atoms with Gasteiger partial charge in [0.25, 0.3) is 0 Å². The van der Waals surface area contributed by atoms with Gasteiger partial charge in [-0.15, -0.1) is 11.8 Å². The molecule has 0 aliphatic carbocycles. The van der Waals surface area contributed by atoms with Crippen LogP contribution >= 0.6 is 11.8 Å². The third kappa shape index (κ3) is 3.14. The van der Waals surface area contributed by atoms with Gasteiger partial charge in [0.05, 0.1) is 18.8 Å². The largest absolute Gasteiger partial charge is 0.465 e. The minimum atomic E-state index is -0.390. The normalized spacial score (nSPS) is 18.8. The summed E-state index contributed by atoms with van der Waals surface area (Å²) in [5, 5.41) is 0. The lowest BCUT2D eigenvalue weighted by atomic mass is 10.2. The average Bonchev–Trinajstić information content (AvgIpc) is 2.89. The minimum Gasteiger partial charge on any atom is -0.465 e. The van der Waals surface area contributed by atoms with Gasteiger partial charge in [-0.1, -0.05) is 0 Å². The summed E-state index contributed by atoms with van der Waals surface area (Å²) in [6.07, 6.45) is 4.05. The van der Waals surface area contributed by atoms with Crippen molar-refractivity contribution < 1.29 is 14.3 Å². The Labute approximate surface area is 110 Å². The summed E-state index contributed by atoms with van der Waals surface area (Å²) < 4.78 is 10.3. The van der Waals surface area contributed by atoms with Crippen LogP contribution in [0.5, 0.6) is 0 Å². The van der Waals surface area contributed by atoms with Crippen LogP contribution in [0.4, 0.5) is 5.82 Å². The first-order chi connectivity index (χ1) is 8.70. The number of anilines is 1. The molecule has 2 rings (SSSR count). The molecule has 1 unspecified atom stereocenters. The van der Waals surface area contributed by atoms with Gasteiger partial charge in [0.15, 0.2) is 0 Å². The van der Waals surface area contributed by atoms with Crippen molar-refractivity contribution in [3.8, 4) is 0 Å². The van der Waals surface area contributed by atoms with E-state index in [1.807, 2.05) is 0 Å². The molecule has 1 fully saturated rings. The molecule has 0 amide bonds. The number of hydrogen-bond acceptors (Lipinski definition) is 6. The summed E-state index contributed by atoms with van der Waals surface area (Å²) >= 11 is 1.55. The van der Waals surface area contributed by atoms with Crippen molar-refractivity contribution in [3.63, 3.8) is 0 Å². The lowest BCUT2D eigenvalue weighted by Gasteiger charge is -2.11. The van der Waals surface area contributed by atoms with E-state index in [-0.39, 0.29) is 12.1 Å². The monoisotopic (exact) mass is 268 g/mol. The minimum absolute atomic E-state index is 0.262. The van der Waals surface area contributed by atoms with Gasteiger partial charge in [-0.2, -0.15) is 0 Å². The number of ether oxygens (including phenoxy) is 2. The maximum Gasteiger partial charge on any atom is 0.339 e. The molecule has 1 aromatic heterocycles. The van der Waals surface area contributed by atoms with Crippen molar-refractivity contribution in [1.82, 2.24) is 4.98 Å². The zero-order valence-corrected chi connectivity index (χ0v) is 11.0. The molecule has 0 saturated carbocycles. The number of nitrogens with two attached hydrogens (primary N) is 1. The Hall–Kier alpha value is -1.27. The average molecular weight is 268 g/mol. The van der Waals surface area contributed by atoms with Gasteiger partial charge in [0.1, 0.15) is 5.82 Å². The Kier molecular flexibility index (Phi) is 4.43. The maximum absolute atomic E-state index is 11.6. The van der Waals surface area contributed by atoms with Crippen LogP contribution in [0.15, 0.2) is 17.2 Å². The fourth-order valence-corrected chi connectivity index (χ4v) is 2.86. The van der Waals surface area contributed by atoms with Crippen molar-refractivity contribution >= 4 is 23.5 Å². The Morgan fingerprint density at radius 3 is 3.22 bits per heavy atom. The Bertz CT molecular complexity index is 433. The van der Waals surface area contributed by atoms with Gasteiger partial charge in [0.2, 0.25) is 0 Å². The van der Waals surface area contributed by atoms with Crippen LogP contribution < -0.4 is 5.73 Å². The molecule has 1 aliphatic rings. The number of thioether (sulfide) groups is 1. The number of nitrogen functional groups attached to an aromatic ring is 1. The Balaban J connectivity index is 2.08. The number of nitrogens with zero attached hydrogens (tertiary/aromatic N) is 1. The molecule has 0 aromatic carbocycles. The first-order valence-electron chi connectivity index (χ1n) is 5.79. The summed E-state index contributed by atoms with van der Waals surface area (Å²) in [7, 11) is 1.35. The third-order valence-corrected chi connectivity index (χ3v) is 3.92. The van der Waals surface area contributed by atoms with Crippen LogP contribution in [0.25, 0.3) is 0 Å². The second-order valence-corrected chi connectivity index (χ2v) is 5.10. The van der Waals surface area contributed by atoms with Gasteiger partial charge in [-0.05, 0) is 18.9 Å². The van der Waals surface area contributed by atoms with Gasteiger partial charge in [0, 0.05) is 23.5 Å². The first kappa shape index (κ1) is 13.2. The Morgan fingerprint density at radius 2 is 2.56 bits per heavy atom. The number of pyridine rings is 1. The molecule has 0 spiro atoms. The topological polar surface area (TPSA) is 74.4 Å². The molecule has 1 aliphatic heterocycles. The maximum atomic E-state index is 11.6. The second kappa shape index (κ2) is 6.06. The van der Waals surface area contributed by atoms with Gasteiger partial charge in [-0.25, -0.2) is 9.78 Å². The van der Waals surface area contributed by atoms with E-state index in [2.05, 4.69) is 4.98 Å². The van der Waals surface area contributed by atoms with Crippen molar-refractivity contribution in [2.45, 2.75) is 23.8 Å². The number of hydrogen-bond donors (Lipinski definition) is 1. The van der Waals surface area contributed by atoms with Crippen molar-refractivity contribution in [3.05, 3.63) is 17.8 Å². The molecule has 1 atom stereocenters. The highest BCUT2D eigenvalue weighted by atomic mass is 32.2. The summed E-state index contributed by atoms with van der Waals surface area (Å²) in [6.45, 7) is 0.828. The van der Waals surface area contributed by atoms with Gasteiger partial charge in [-0.3, -0.25) is 0 Å². The molecule has 1 aromatic rings. The van der Waals surface area contributed by atoms with E-state index in [4.69, 9.17) is 15.2 Å². The quantitative estimate of drug-likeness (QED) is 0.662. The van der Waals surface area contributed by atoms with E-state index in [0.717, 1.165) is 30.1 Å². The van der Waals surface area contributed by atoms with Crippen molar-refractivity contribution in [2.24, 2.45) is 0 Å². The fourth-order valence-electron chi connectivity index (χ4n) is 1.80. The number of rotatable bonds is 4. The summed E-state index contributed by atoms with van der Waals surface area (Å²) in [6, 6.07) is 1.55. The van der Waals surface area contributed by atoms with Crippen LogP contribution in [0.3, 0.4) is 0 Å². The summed E-state index contributed by atoms with van der Waals surface area (Å²) in [5.74, 6) is 0.742. The molecule has 1 saturated heterocycles. The number of carbonyl (C=O) groups is 1. The molecule has 0 bridgehead atoms. The van der Waals surface area contributed by atoms with Crippen LogP contribution in [0.2, 0.25) is 0 Å². The van der Waals surface area contributed by atoms with Gasteiger partial charge < -0.3 is 15.2 Å². The van der Waals surface area contributed by atoms with Gasteiger partial charge >= 0.3 is 5.97 Å². The van der Waals surface area contributed by atoms with E-state index >= 15 is 0 Å². The van der Waals surface area contributed by atoms with Crippen LogP contribution in [-0.2, 0) is 9.47 Å². The third-order valence-electron chi connectivity index (χ3n) is 2.74. The van der Waals surface area contributed by atoms with Crippen molar-refractivity contribution in [2.75, 3.05) is 25.2 Å². The first-order valence-corrected chi connectivity index (χ1v) is 6.77. The van der Waals surface area contributed by atoms with Crippen LogP contribution in [0, 0.1) is 0 Å². The molecule has 5 nitrogen and oxygen atoms in total. The second-order valence-electron chi connectivity index (χ2n) is 4.04. The lowest BCUT2D eigenvalue weighted by molar-refractivity contribution is 0.0596. The summed E-state index contributed by atoms with van der Waals surface area (Å²) in [4.78, 5) is 16.4. The molecule has 6 heteroatoms. The number of aromatic nitrogens is 1. The summed E-state index contributed by atoms with van der Waals surface area (Å²) in [5.41, 5.74) is 6.05. The SMILES string of the molecule is COC(=O)c1cc(N)ncc1SCC1CCCO1. The highest BCUT2D eigenvalue weighted by Gasteiger charge is 2.18. The molecule has 0 radical (unpaired) electrons. The predicted octanol–water partition coefficient (Wildman–Crippen LogP) is 1.72.